The summed E-state index contributed by atoms with van der Waals surface area (Å²) in [6.07, 6.45) is -0.570. The number of methoxy groups -OCH3 is 1. The van der Waals surface area contributed by atoms with Gasteiger partial charge in [0.25, 0.3) is 0 Å². The van der Waals surface area contributed by atoms with E-state index in [9.17, 15) is 4.79 Å². The van der Waals surface area contributed by atoms with Gasteiger partial charge in [-0.3, -0.25) is 4.79 Å². The summed E-state index contributed by atoms with van der Waals surface area (Å²) in [6, 6.07) is 14.7. The molecule has 110 valence electrons. The first-order chi connectivity index (χ1) is 10.1. The Labute approximate surface area is 124 Å². The summed E-state index contributed by atoms with van der Waals surface area (Å²) in [5.74, 6) is 0.449. The SMILES string of the molecule is COc1ccc(N)c(C(=O)[C@H](C)OCc2ccccc2)c1. The van der Waals surface area contributed by atoms with E-state index in [1.165, 1.54) is 0 Å². The fourth-order valence-electron chi connectivity index (χ4n) is 1.97. The van der Waals surface area contributed by atoms with E-state index in [0.29, 0.717) is 23.6 Å². The largest absolute Gasteiger partial charge is 0.497 e. The first-order valence-corrected chi connectivity index (χ1v) is 6.75. The molecule has 2 rings (SSSR count). The van der Waals surface area contributed by atoms with Gasteiger partial charge in [0.15, 0.2) is 5.78 Å². The lowest BCUT2D eigenvalue weighted by molar-refractivity contribution is 0.0413. The van der Waals surface area contributed by atoms with Crippen molar-refractivity contribution in [3.8, 4) is 5.75 Å². The van der Waals surface area contributed by atoms with Crippen molar-refractivity contribution < 1.29 is 14.3 Å². The molecule has 1 atom stereocenters. The van der Waals surface area contributed by atoms with E-state index >= 15 is 0 Å². The summed E-state index contributed by atoms with van der Waals surface area (Å²) in [5, 5.41) is 0. The van der Waals surface area contributed by atoms with Crippen molar-refractivity contribution in [2.75, 3.05) is 12.8 Å². The van der Waals surface area contributed by atoms with Crippen LogP contribution < -0.4 is 10.5 Å². The van der Waals surface area contributed by atoms with Gasteiger partial charge in [-0.15, -0.1) is 0 Å². The maximum Gasteiger partial charge on any atom is 0.193 e. The Hall–Kier alpha value is -2.33. The van der Waals surface area contributed by atoms with E-state index in [2.05, 4.69) is 0 Å². The average Bonchev–Trinajstić information content (AvgIpc) is 2.53. The zero-order valence-electron chi connectivity index (χ0n) is 12.2. The van der Waals surface area contributed by atoms with Gasteiger partial charge in [-0.05, 0) is 30.7 Å². The molecule has 0 radical (unpaired) electrons. The number of carbonyl (C=O) groups excluding carboxylic acids is 1. The smallest absolute Gasteiger partial charge is 0.193 e. The normalized spacial score (nSPS) is 11.9. The van der Waals surface area contributed by atoms with Crippen molar-refractivity contribution in [1.29, 1.82) is 0 Å². The molecule has 0 aliphatic rings. The third-order valence-corrected chi connectivity index (χ3v) is 3.24. The number of ether oxygens (including phenoxy) is 2. The monoisotopic (exact) mass is 285 g/mol. The number of nitrogens with two attached hydrogens (primary N) is 1. The standard InChI is InChI=1S/C17H19NO3/c1-12(21-11-13-6-4-3-5-7-13)17(19)15-10-14(20-2)8-9-16(15)18/h3-10,12H,11,18H2,1-2H3/t12-/m0/s1. The van der Waals surface area contributed by atoms with Crippen LogP contribution in [0.3, 0.4) is 0 Å². The van der Waals surface area contributed by atoms with Crippen molar-refractivity contribution in [2.24, 2.45) is 0 Å². The average molecular weight is 285 g/mol. The van der Waals surface area contributed by atoms with Gasteiger partial charge in [0, 0.05) is 11.3 Å². The highest BCUT2D eigenvalue weighted by Gasteiger charge is 2.19. The zero-order valence-corrected chi connectivity index (χ0v) is 12.2. The topological polar surface area (TPSA) is 61.5 Å². The van der Waals surface area contributed by atoms with Crippen LogP contribution in [0.2, 0.25) is 0 Å². The minimum absolute atomic E-state index is 0.151. The van der Waals surface area contributed by atoms with E-state index < -0.39 is 6.10 Å². The van der Waals surface area contributed by atoms with Gasteiger partial charge in [-0.1, -0.05) is 30.3 Å². The highest BCUT2D eigenvalue weighted by Crippen LogP contribution is 2.21. The Morgan fingerprint density at radius 1 is 1.19 bits per heavy atom. The minimum Gasteiger partial charge on any atom is -0.497 e. The molecule has 0 amide bonds. The number of hydrogen-bond acceptors (Lipinski definition) is 4. The number of anilines is 1. The number of hydrogen-bond donors (Lipinski definition) is 1. The molecule has 4 nitrogen and oxygen atoms in total. The number of benzene rings is 2. The van der Waals surface area contributed by atoms with Crippen LogP contribution in [0, 0.1) is 0 Å². The molecule has 0 heterocycles. The maximum absolute atomic E-state index is 12.4. The number of carbonyl (C=O) groups is 1. The van der Waals surface area contributed by atoms with Gasteiger partial charge in [0.1, 0.15) is 11.9 Å². The van der Waals surface area contributed by atoms with Gasteiger partial charge in [0.05, 0.1) is 13.7 Å². The van der Waals surface area contributed by atoms with Crippen molar-refractivity contribution in [2.45, 2.75) is 19.6 Å². The zero-order chi connectivity index (χ0) is 15.2. The Morgan fingerprint density at radius 2 is 1.90 bits per heavy atom. The lowest BCUT2D eigenvalue weighted by Crippen LogP contribution is -2.22. The number of nitrogen functional groups attached to an aromatic ring is 1. The van der Waals surface area contributed by atoms with Crippen molar-refractivity contribution in [1.82, 2.24) is 0 Å². The van der Waals surface area contributed by atoms with E-state index in [0.717, 1.165) is 5.56 Å². The lowest BCUT2D eigenvalue weighted by Gasteiger charge is -2.14. The van der Waals surface area contributed by atoms with Gasteiger partial charge in [-0.2, -0.15) is 0 Å². The van der Waals surface area contributed by atoms with Crippen LogP contribution in [0.5, 0.6) is 5.75 Å². The Balaban J connectivity index is 2.05. The summed E-state index contributed by atoms with van der Waals surface area (Å²) in [4.78, 5) is 12.4. The van der Waals surface area contributed by atoms with Gasteiger partial charge in [-0.25, -0.2) is 0 Å². The predicted molar refractivity (Wildman–Crippen MR) is 82.4 cm³/mol. The van der Waals surface area contributed by atoms with E-state index in [1.807, 2.05) is 30.3 Å². The summed E-state index contributed by atoms with van der Waals surface area (Å²) in [6.45, 7) is 2.11. The van der Waals surface area contributed by atoms with E-state index in [4.69, 9.17) is 15.2 Å². The number of ketones is 1. The maximum atomic E-state index is 12.4. The fourth-order valence-corrected chi connectivity index (χ4v) is 1.97. The molecule has 0 fully saturated rings. The molecule has 2 aromatic rings. The molecule has 0 unspecified atom stereocenters. The lowest BCUT2D eigenvalue weighted by atomic mass is 10.0. The van der Waals surface area contributed by atoms with Crippen LogP contribution in [-0.4, -0.2) is 19.0 Å². The third kappa shape index (κ3) is 3.83. The van der Waals surface area contributed by atoms with Gasteiger partial charge >= 0.3 is 0 Å². The molecule has 2 N–H and O–H groups in total. The summed E-state index contributed by atoms with van der Waals surface area (Å²) in [5.41, 5.74) is 7.73. The van der Waals surface area contributed by atoms with Crippen LogP contribution in [0.25, 0.3) is 0 Å². The van der Waals surface area contributed by atoms with Crippen LogP contribution in [0.1, 0.15) is 22.8 Å². The predicted octanol–water partition coefficient (Wildman–Crippen LogP) is 3.07. The molecule has 0 saturated heterocycles. The van der Waals surface area contributed by atoms with Crippen molar-refractivity contribution in [3.05, 3.63) is 59.7 Å². The number of rotatable bonds is 6. The highest BCUT2D eigenvalue weighted by molar-refractivity contribution is 6.03. The van der Waals surface area contributed by atoms with Crippen LogP contribution in [0.15, 0.2) is 48.5 Å². The molecule has 0 saturated carbocycles. The molecule has 2 aromatic carbocycles. The summed E-state index contributed by atoms with van der Waals surface area (Å²) >= 11 is 0. The molecule has 0 aliphatic heterocycles. The van der Waals surface area contributed by atoms with Crippen molar-refractivity contribution >= 4 is 11.5 Å². The van der Waals surface area contributed by atoms with E-state index in [1.54, 1.807) is 32.2 Å². The minimum atomic E-state index is -0.570. The Morgan fingerprint density at radius 3 is 2.57 bits per heavy atom. The van der Waals surface area contributed by atoms with Crippen LogP contribution >= 0.6 is 0 Å². The van der Waals surface area contributed by atoms with Crippen molar-refractivity contribution in [3.63, 3.8) is 0 Å². The first-order valence-electron chi connectivity index (χ1n) is 6.75. The summed E-state index contributed by atoms with van der Waals surface area (Å²) in [7, 11) is 1.55. The van der Waals surface area contributed by atoms with Crippen LogP contribution in [0.4, 0.5) is 5.69 Å². The first kappa shape index (κ1) is 15.1. The molecule has 21 heavy (non-hydrogen) atoms. The van der Waals surface area contributed by atoms with Gasteiger partial charge < -0.3 is 15.2 Å². The van der Waals surface area contributed by atoms with Crippen LogP contribution in [-0.2, 0) is 11.3 Å². The second-order valence-corrected chi connectivity index (χ2v) is 4.76. The number of Topliss-reactive ketones (excluding diaryl/α,β-unsaturated/α-hetero) is 1. The van der Waals surface area contributed by atoms with Gasteiger partial charge in [0.2, 0.25) is 0 Å². The third-order valence-electron chi connectivity index (χ3n) is 3.24. The Kier molecular flexibility index (Phi) is 4.95. The highest BCUT2D eigenvalue weighted by atomic mass is 16.5. The molecule has 0 aliphatic carbocycles. The molecular weight excluding hydrogens is 266 g/mol. The molecule has 0 bridgehead atoms. The molecule has 4 heteroatoms. The Bertz CT molecular complexity index is 611. The summed E-state index contributed by atoms with van der Waals surface area (Å²) < 4.78 is 10.7. The second-order valence-electron chi connectivity index (χ2n) is 4.76. The molecule has 0 aromatic heterocycles. The quantitative estimate of drug-likeness (QED) is 0.654. The molecular formula is C17H19NO3. The second kappa shape index (κ2) is 6.90. The fraction of sp³-hybridized carbons (Fsp3) is 0.235. The van der Waals surface area contributed by atoms with E-state index in [-0.39, 0.29) is 5.78 Å². The molecule has 0 spiro atoms.